The smallest absolute Gasteiger partial charge is 0.463 e. The van der Waals surface area contributed by atoms with Crippen molar-refractivity contribution in [2.24, 2.45) is 0 Å². The normalized spacial score (nSPS) is 14.6. The zero-order valence-electron chi connectivity index (χ0n) is 72.4. The van der Waals surface area contributed by atoms with Gasteiger partial charge in [0.25, 0.3) is 0 Å². The molecule has 0 spiro atoms. The lowest BCUT2D eigenvalue weighted by Crippen LogP contribution is -2.30. The lowest BCUT2D eigenvalue weighted by Gasteiger charge is -2.21. The molecule has 0 saturated heterocycles. The maximum absolute atomic E-state index is 13.0. The van der Waals surface area contributed by atoms with Crippen LogP contribution in [0.25, 0.3) is 0 Å². The number of phosphoric ester groups is 2. The molecule has 0 fully saturated rings. The van der Waals surface area contributed by atoms with Crippen LogP contribution in [0.15, 0.2) is 170 Å². The van der Waals surface area contributed by atoms with Gasteiger partial charge in [0, 0.05) is 19.3 Å². The van der Waals surface area contributed by atoms with Gasteiger partial charge in [-0.2, -0.15) is 0 Å². The molecule has 115 heavy (non-hydrogen) atoms. The number of aliphatic hydroxyl groups excluding tert-OH is 2. The van der Waals surface area contributed by atoms with Gasteiger partial charge in [-0.05, 0) is 154 Å². The zero-order valence-corrected chi connectivity index (χ0v) is 74.2. The fraction of sp³-hybridized carbons (Fsp3) is 0.680. The quantitative estimate of drug-likeness (QED) is 0.0146. The van der Waals surface area contributed by atoms with Crippen molar-refractivity contribution in [1.82, 2.24) is 0 Å². The van der Waals surface area contributed by atoms with E-state index < -0.39 is 91.5 Å². The molecule has 18 heteroatoms. The van der Waals surface area contributed by atoms with E-state index >= 15 is 0 Å². The summed E-state index contributed by atoms with van der Waals surface area (Å²) >= 11 is 0. The Labute approximate surface area is 701 Å². The summed E-state index contributed by atoms with van der Waals surface area (Å²) in [5.41, 5.74) is 0. The third-order valence-corrected chi connectivity index (χ3v) is 20.8. The average Bonchev–Trinajstić information content (AvgIpc) is 0.902. The van der Waals surface area contributed by atoms with Crippen LogP contribution in [0.4, 0.5) is 0 Å². The van der Waals surface area contributed by atoms with E-state index in [-0.39, 0.29) is 19.3 Å². The van der Waals surface area contributed by atoms with Crippen molar-refractivity contribution in [3.8, 4) is 0 Å². The summed E-state index contributed by atoms with van der Waals surface area (Å²) in [4.78, 5) is 59.0. The molecule has 0 aromatic rings. The Bertz CT molecular complexity index is 2770. The van der Waals surface area contributed by atoms with Gasteiger partial charge >= 0.3 is 33.6 Å². The molecule has 0 radical (unpaired) electrons. The molecule has 0 bridgehead atoms. The van der Waals surface area contributed by atoms with Crippen molar-refractivity contribution in [3.63, 3.8) is 0 Å². The van der Waals surface area contributed by atoms with E-state index in [1.807, 2.05) is 0 Å². The molecule has 4 N–H and O–H groups in total. The highest BCUT2D eigenvalue weighted by Gasteiger charge is 2.29. The molecule has 0 aromatic heterocycles. The number of phosphoric acid groups is 2. The van der Waals surface area contributed by atoms with Crippen LogP contribution < -0.4 is 0 Å². The molecule has 5 unspecified atom stereocenters. The van der Waals surface area contributed by atoms with E-state index in [0.717, 1.165) is 180 Å². The van der Waals surface area contributed by atoms with E-state index in [0.29, 0.717) is 19.3 Å². The summed E-state index contributed by atoms with van der Waals surface area (Å²) < 4.78 is 61.4. The Hall–Kier alpha value is -5.09. The topological polar surface area (TPSA) is 231 Å². The number of allylic oxidation sites excluding steroid dienone is 28. The fourth-order valence-corrected chi connectivity index (χ4v) is 13.7. The molecule has 658 valence electrons. The second-order valence-electron chi connectivity index (χ2n) is 30.0. The number of hydrogen-bond donors (Lipinski definition) is 4. The van der Waals surface area contributed by atoms with Crippen LogP contribution in [-0.2, 0) is 55.8 Å². The second kappa shape index (κ2) is 88.2. The molecule has 5 atom stereocenters. The van der Waals surface area contributed by atoms with Crippen LogP contribution in [-0.4, -0.2) is 95.9 Å². The largest absolute Gasteiger partial charge is 0.472 e. The van der Waals surface area contributed by atoms with Gasteiger partial charge in [0.05, 0.1) is 26.4 Å². The number of carbonyl (C=O) groups is 3. The molecule has 0 saturated carbocycles. The van der Waals surface area contributed by atoms with Gasteiger partial charge in [-0.3, -0.25) is 32.5 Å². The number of hydrogen-bond acceptors (Lipinski definition) is 14. The van der Waals surface area contributed by atoms with Gasteiger partial charge in [-0.25, -0.2) is 9.13 Å². The van der Waals surface area contributed by atoms with E-state index in [1.165, 1.54) is 128 Å². The summed E-state index contributed by atoms with van der Waals surface area (Å²) in [5, 5.41) is 20.7. The summed E-state index contributed by atoms with van der Waals surface area (Å²) in [6, 6.07) is 0. The molecule has 0 amide bonds. The van der Waals surface area contributed by atoms with Crippen LogP contribution in [0.5, 0.6) is 0 Å². The first-order valence-electron chi connectivity index (χ1n) is 45.4. The first kappa shape index (κ1) is 110. The minimum atomic E-state index is -4.95. The van der Waals surface area contributed by atoms with Gasteiger partial charge in [0.1, 0.15) is 25.4 Å². The maximum Gasteiger partial charge on any atom is 0.472 e. The van der Waals surface area contributed by atoms with Crippen LogP contribution in [0.3, 0.4) is 0 Å². The number of aliphatic hydroxyl groups is 2. The summed E-state index contributed by atoms with van der Waals surface area (Å²) in [7, 11) is -9.82. The fourth-order valence-electron chi connectivity index (χ4n) is 12.1. The van der Waals surface area contributed by atoms with Crippen LogP contribution in [0.2, 0.25) is 0 Å². The van der Waals surface area contributed by atoms with E-state index in [4.69, 9.17) is 32.3 Å². The van der Waals surface area contributed by atoms with Gasteiger partial charge < -0.3 is 34.2 Å². The predicted molar refractivity (Wildman–Crippen MR) is 482 cm³/mol. The molecule has 0 aliphatic rings. The van der Waals surface area contributed by atoms with Crippen LogP contribution in [0, 0.1) is 0 Å². The van der Waals surface area contributed by atoms with Crippen LogP contribution >= 0.6 is 15.6 Å². The maximum atomic E-state index is 13.0. The lowest BCUT2D eigenvalue weighted by molar-refractivity contribution is -0.161. The van der Waals surface area contributed by atoms with Crippen molar-refractivity contribution >= 4 is 33.6 Å². The number of carbonyl (C=O) groups excluding carboxylic acids is 3. The van der Waals surface area contributed by atoms with Gasteiger partial charge in [0.2, 0.25) is 0 Å². The Morgan fingerprint density at radius 1 is 0.252 bits per heavy atom. The van der Waals surface area contributed by atoms with Gasteiger partial charge in [-0.15, -0.1) is 0 Å². The Morgan fingerprint density at radius 3 is 0.730 bits per heavy atom. The Balaban J connectivity index is 4.56. The second-order valence-corrected chi connectivity index (χ2v) is 32.9. The molecule has 0 aromatic carbocycles. The van der Waals surface area contributed by atoms with E-state index in [1.54, 1.807) is 0 Å². The summed E-state index contributed by atoms with van der Waals surface area (Å²) in [6.45, 7) is 2.44. The first-order chi connectivity index (χ1) is 56.2. The Kier molecular flexibility index (Phi) is 84.3. The first-order valence-corrected chi connectivity index (χ1v) is 48.4. The third-order valence-electron chi connectivity index (χ3n) is 18.9. The SMILES string of the molecule is CC/C=C\C/C=C\C/C=C\C/C=C\C/C=C\C/C=C\CCCCCCCCCCCCCCCCC(=O)OCC(O)COP(=O)(O)OCC(O)COP(=O)(O)OCC(COC(=O)CCCCCCCCCCCCC/C=C\C/C=C\C/C=C\C/C=C\CCCCC)OC(=O)CCCCCCCC/C=C\C/C=C\C/C=C\C/C=C\CC. The number of esters is 3. The van der Waals surface area contributed by atoms with Crippen LogP contribution in [0.1, 0.15) is 367 Å². The molecule has 0 rings (SSSR count). The van der Waals surface area contributed by atoms with Gasteiger partial charge in [-0.1, -0.05) is 364 Å². The zero-order chi connectivity index (χ0) is 83.6. The van der Waals surface area contributed by atoms with Gasteiger partial charge in [0.15, 0.2) is 6.10 Å². The molecule has 0 heterocycles. The lowest BCUT2D eigenvalue weighted by atomic mass is 10.0. The number of ether oxygens (including phenoxy) is 3. The summed E-state index contributed by atoms with van der Waals surface area (Å²) in [6.07, 6.45) is 114. The third kappa shape index (κ3) is 89.5. The average molecular weight is 1650 g/mol. The molecule has 0 aliphatic heterocycles. The number of unbranched alkanes of at least 4 members (excludes halogenated alkanes) is 34. The molecular weight excluding hydrogens is 1480 g/mol. The van der Waals surface area contributed by atoms with Crippen molar-refractivity contribution in [1.29, 1.82) is 0 Å². The Morgan fingerprint density at radius 2 is 0.461 bits per heavy atom. The van der Waals surface area contributed by atoms with E-state index in [2.05, 4.69) is 191 Å². The predicted octanol–water partition coefficient (Wildman–Crippen LogP) is 27.9. The summed E-state index contributed by atoms with van der Waals surface area (Å²) in [5.74, 6) is -1.59. The molecule has 0 aliphatic carbocycles. The van der Waals surface area contributed by atoms with Crippen molar-refractivity contribution in [2.75, 3.05) is 39.6 Å². The molecular formula is C97H164O16P2. The molecule has 16 nitrogen and oxygen atoms in total. The van der Waals surface area contributed by atoms with Crippen molar-refractivity contribution in [3.05, 3.63) is 170 Å². The minimum Gasteiger partial charge on any atom is -0.463 e. The minimum absolute atomic E-state index is 0.0839. The standard InChI is InChI=1S/C97H164O16P2/c1-4-7-10-13-16-19-22-25-28-31-34-36-38-40-42-43-44-45-46-47-49-51-52-54-57-59-62-65-68-71-74-77-80-83-95(100)107-86-92(98)87-109-114(103,104)110-88-93(99)89-111-115(105,106)112-91-94(113-97(102)85-82-79-76-73-70-67-64-61-56-33-30-27-24-21-18-15-12-9-6-3)90-108-96(101)84-81-78-75-72-69-66-63-60-58-55-53-50-48-41-39-37-35-32-29-26-23-20-17-14-11-8-5-2/h7,9-10,12,16-21,25-30,34-37,40-42,44-45,48,56,61,92-94,98-99H,4-6,8,11,13-15,22-24,31-33,38-39,43,46-47,49-55,57-60,62-91H2,1-3H3,(H,103,104)(H,105,106)/b10-7-,12-9-,19-16-,20-17-,21-18-,28-25-,29-26-,30-27-,36-34-,37-35-,42-40-,45-44-,48-41-,61-56-. The number of rotatable bonds is 85. The monoisotopic (exact) mass is 1650 g/mol. The highest BCUT2D eigenvalue weighted by Crippen LogP contribution is 2.45. The highest BCUT2D eigenvalue weighted by molar-refractivity contribution is 7.47. The van der Waals surface area contributed by atoms with E-state index in [9.17, 15) is 43.5 Å². The van der Waals surface area contributed by atoms with Crippen molar-refractivity contribution in [2.45, 2.75) is 386 Å². The van der Waals surface area contributed by atoms with Crippen molar-refractivity contribution < 1.29 is 75.8 Å². The highest BCUT2D eigenvalue weighted by atomic mass is 31.2.